The molecule has 5 rings (SSSR count). The summed E-state index contributed by atoms with van der Waals surface area (Å²) in [7, 11) is 0. The van der Waals surface area contributed by atoms with Gasteiger partial charge in [0, 0.05) is 31.2 Å². The van der Waals surface area contributed by atoms with Gasteiger partial charge in [0.2, 0.25) is 5.91 Å². The van der Waals surface area contributed by atoms with Crippen molar-refractivity contribution in [1.82, 2.24) is 14.7 Å². The first-order valence-electron chi connectivity index (χ1n) is 9.42. The number of anilines is 1. The number of piperidine rings is 1. The van der Waals surface area contributed by atoms with E-state index in [9.17, 15) is 9.59 Å². The molecule has 4 heterocycles. The Kier molecular flexibility index (Phi) is 3.82. The third kappa shape index (κ3) is 2.62. The Morgan fingerprint density at radius 3 is 2.96 bits per heavy atom. The fraction of sp³-hybridized carbons (Fsp3) is 0.286. The largest absolute Gasteiger partial charge is 0.454 e. The molecule has 0 radical (unpaired) electrons. The number of hydrogen-bond donors (Lipinski definition) is 1. The van der Waals surface area contributed by atoms with Crippen LogP contribution in [0.1, 0.15) is 34.7 Å². The van der Waals surface area contributed by atoms with Crippen LogP contribution in [0, 0.1) is 0 Å². The number of rotatable bonds is 3. The van der Waals surface area contributed by atoms with Crippen molar-refractivity contribution in [1.29, 1.82) is 0 Å². The number of nitrogens with zero attached hydrogens (tertiary/aromatic N) is 3. The van der Waals surface area contributed by atoms with Gasteiger partial charge in [-0.15, -0.1) is 0 Å². The Hall–Kier alpha value is -3.35. The Morgan fingerprint density at radius 1 is 1.21 bits per heavy atom. The van der Waals surface area contributed by atoms with Gasteiger partial charge in [0.15, 0.2) is 5.76 Å². The maximum atomic E-state index is 13.1. The summed E-state index contributed by atoms with van der Waals surface area (Å²) in [6.07, 6.45) is 5.05. The molecule has 1 unspecified atom stereocenters. The second kappa shape index (κ2) is 6.37. The molecule has 142 valence electrons. The Bertz CT molecular complexity index is 1040. The van der Waals surface area contributed by atoms with Crippen molar-refractivity contribution in [3.63, 3.8) is 0 Å². The van der Waals surface area contributed by atoms with Crippen LogP contribution in [0.5, 0.6) is 0 Å². The SMILES string of the molecule is O=C(c1ccc(Cn2cccn2)o1)N1CCCC2(C1)C(=O)Nc1ccccc12. The molecule has 28 heavy (non-hydrogen) atoms. The molecule has 2 aliphatic rings. The van der Waals surface area contributed by atoms with Crippen LogP contribution in [0.3, 0.4) is 0 Å². The molecule has 7 heteroatoms. The number of para-hydroxylation sites is 1. The van der Waals surface area contributed by atoms with Crippen LogP contribution in [-0.4, -0.2) is 39.6 Å². The lowest BCUT2D eigenvalue weighted by molar-refractivity contribution is -0.122. The van der Waals surface area contributed by atoms with E-state index in [1.807, 2.05) is 36.5 Å². The fourth-order valence-electron chi connectivity index (χ4n) is 4.30. The fourth-order valence-corrected chi connectivity index (χ4v) is 4.30. The monoisotopic (exact) mass is 376 g/mol. The highest BCUT2D eigenvalue weighted by Crippen LogP contribution is 2.43. The molecule has 3 aromatic rings. The molecule has 2 aliphatic heterocycles. The third-order valence-electron chi connectivity index (χ3n) is 5.65. The minimum Gasteiger partial charge on any atom is -0.454 e. The molecule has 2 aromatic heterocycles. The normalized spacial score (nSPS) is 21.0. The van der Waals surface area contributed by atoms with Crippen LogP contribution < -0.4 is 5.32 Å². The number of likely N-dealkylation sites (tertiary alicyclic amines) is 1. The number of fused-ring (bicyclic) bond motifs is 2. The third-order valence-corrected chi connectivity index (χ3v) is 5.65. The molecule has 1 N–H and O–H groups in total. The first kappa shape index (κ1) is 16.8. The summed E-state index contributed by atoms with van der Waals surface area (Å²) in [4.78, 5) is 27.6. The molecule has 1 atom stereocenters. The van der Waals surface area contributed by atoms with E-state index in [4.69, 9.17) is 4.42 Å². The van der Waals surface area contributed by atoms with Crippen LogP contribution in [0.4, 0.5) is 5.69 Å². The minimum absolute atomic E-state index is 0.0231. The summed E-state index contributed by atoms with van der Waals surface area (Å²) in [5.41, 5.74) is 1.16. The van der Waals surface area contributed by atoms with E-state index in [0.717, 1.165) is 24.1 Å². The summed E-state index contributed by atoms with van der Waals surface area (Å²) in [6.45, 7) is 1.45. The van der Waals surface area contributed by atoms with Crippen molar-refractivity contribution in [2.45, 2.75) is 24.8 Å². The maximum Gasteiger partial charge on any atom is 0.289 e. The first-order chi connectivity index (χ1) is 13.7. The van der Waals surface area contributed by atoms with E-state index in [0.29, 0.717) is 31.2 Å². The quantitative estimate of drug-likeness (QED) is 0.762. The van der Waals surface area contributed by atoms with E-state index < -0.39 is 5.41 Å². The van der Waals surface area contributed by atoms with E-state index in [2.05, 4.69) is 10.4 Å². The molecule has 7 nitrogen and oxygen atoms in total. The molecular formula is C21H20N4O3. The number of carbonyl (C=O) groups excluding carboxylic acids is 2. The lowest BCUT2D eigenvalue weighted by Crippen LogP contribution is -2.51. The molecule has 1 spiro atoms. The van der Waals surface area contributed by atoms with Crippen LogP contribution in [0.25, 0.3) is 0 Å². The second-order valence-electron chi connectivity index (χ2n) is 7.38. The van der Waals surface area contributed by atoms with Crippen LogP contribution >= 0.6 is 0 Å². The molecule has 0 aliphatic carbocycles. The average molecular weight is 376 g/mol. The van der Waals surface area contributed by atoms with Crippen molar-refractivity contribution in [2.75, 3.05) is 18.4 Å². The molecule has 1 fully saturated rings. The lowest BCUT2D eigenvalue weighted by atomic mass is 9.75. The number of nitrogens with one attached hydrogen (secondary N) is 1. The molecule has 1 saturated heterocycles. The Labute approximate surface area is 161 Å². The van der Waals surface area contributed by atoms with Gasteiger partial charge in [-0.05, 0) is 42.7 Å². The molecule has 0 bridgehead atoms. The summed E-state index contributed by atoms with van der Waals surface area (Å²) in [5, 5.41) is 7.13. The molecular weight excluding hydrogens is 356 g/mol. The van der Waals surface area contributed by atoms with Gasteiger partial charge in [-0.1, -0.05) is 18.2 Å². The van der Waals surface area contributed by atoms with Crippen molar-refractivity contribution < 1.29 is 14.0 Å². The van der Waals surface area contributed by atoms with E-state index in [1.54, 1.807) is 27.9 Å². The summed E-state index contributed by atoms with van der Waals surface area (Å²) in [6, 6.07) is 13.1. The van der Waals surface area contributed by atoms with Crippen LogP contribution in [0.2, 0.25) is 0 Å². The Balaban J connectivity index is 1.38. The topological polar surface area (TPSA) is 80.4 Å². The number of carbonyl (C=O) groups is 2. The van der Waals surface area contributed by atoms with E-state index >= 15 is 0 Å². The van der Waals surface area contributed by atoms with Gasteiger partial charge < -0.3 is 14.6 Å². The highest BCUT2D eigenvalue weighted by Gasteiger charge is 2.50. The van der Waals surface area contributed by atoms with Crippen molar-refractivity contribution in [3.05, 3.63) is 71.9 Å². The van der Waals surface area contributed by atoms with Gasteiger partial charge >= 0.3 is 0 Å². The molecule has 1 aromatic carbocycles. The smallest absolute Gasteiger partial charge is 0.289 e. The van der Waals surface area contributed by atoms with E-state index in [1.165, 1.54) is 0 Å². The zero-order valence-electron chi connectivity index (χ0n) is 15.3. The standard InChI is InChI=1S/C21H20N4O3/c26-19(18-8-7-15(28-18)13-25-12-4-10-22-25)24-11-3-9-21(14-24)16-5-1-2-6-17(16)23-20(21)27/h1-2,4-8,10,12H,3,9,11,13-14H2,(H,23,27). The van der Waals surface area contributed by atoms with Gasteiger partial charge in [0.1, 0.15) is 5.76 Å². The maximum absolute atomic E-state index is 13.1. The number of aromatic nitrogens is 2. The van der Waals surface area contributed by atoms with Gasteiger partial charge in [0.05, 0.1) is 12.0 Å². The minimum atomic E-state index is -0.672. The number of furan rings is 1. The molecule has 2 amide bonds. The highest BCUT2D eigenvalue weighted by atomic mass is 16.4. The second-order valence-corrected chi connectivity index (χ2v) is 7.38. The number of hydrogen-bond acceptors (Lipinski definition) is 4. The van der Waals surface area contributed by atoms with Crippen molar-refractivity contribution in [2.24, 2.45) is 0 Å². The van der Waals surface area contributed by atoms with Gasteiger partial charge in [-0.25, -0.2) is 0 Å². The van der Waals surface area contributed by atoms with Crippen LogP contribution in [-0.2, 0) is 16.8 Å². The molecule has 0 saturated carbocycles. The zero-order valence-corrected chi connectivity index (χ0v) is 15.3. The van der Waals surface area contributed by atoms with Crippen molar-refractivity contribution >= 4 is 17.5 Å². The van der Waals surface area contributed by atoms with Crippen molar-refractivity contribution in [3.8, 4) is 0 Å². The van der Waals surface area contributed by atoms with Gasteiger partial charge in [-0.3, -0.25) is 14.3 Å². The first-order valence-corrected chi connectivity index (χ1v) is 9.42. The number of benzene rings is 1. The Morgan fingerprint density at radius 2 is 2.11 bits per heavy atom. The highest BCUT2D eigenvalue weighted by molar-refractivity contribution is 6.07. The van der Waals surface area contributed by atoms with Crippen LogP contribution in [0.15, 0.2) is 59.3 Å². The summed E-state index contributed by atoms with van der Waals surface area (Å²) < 4.78 is 7.51. The number of amides is 2. The van der Waals surface area contributed by atoms with Gasteiger partial charge in [0.25, 0.3) is 5.91 Å². The van der Waals surface area contributed by atoms with E-state index in [-0.39, 0.29) is 11.8 Å². The predicted molar refractivity (Wildman–Crippen MR) is 102 cm³/mol. The average Bonchev–Trinajstić information content (AvgIpc) is 3.44. The zero-order chi connectivity index (χ0) is 19.1. The summed E-state index contributed by atoms with van der Waals surface area (Å²) in [5.74, 6) is 0.765. The summed E-state index contributed by atoms with van der Waals surface area (Å²) >= 11 is 0. The predicted octanol–water partition coefficient (Wildman–Crippen LogP) is 2.65. The van der Waals surface area contributed by atoms with Gasteiger partial charge in [-0.2, -0.15) is 5.10 Å². The lowest BCUT2D eigenvalue weighted by Gasteiger charge is -2.38.